The van der Waals surface area contributed by atoms with Crippen molar-refractivity contribution >= 4 is 17.5 Å². The van der Waals surface area contributed by atoms with E-state index in [-0.39, 0.29) is 16.8 Å². The zero-order valence-electron chi connectivity index (χ0n) is 8.28. The van der Waals surface area contributed by atoms with Gasteiger partial charge in [0.25, 0.3) is 0 Å². The SMILES string of the molecule is CCCC(=O)NC(C)(C)C(C)Cl. The fourth-order valence-electron chi connectivity index (χ4n) is 0.748. The van der Waals surface area contributed by atoms with Crippen LogP contribution in [0, 0.1) is 0 Å². The molecule has 0 aromatic heterocycles. The summed E-state index contributed by atoms with van der Waals surface area (Å²) in [6.45, 7) is 7.72. The van der Waals surface area contributed by atoms with Crippen molar-refractivity contribution in [2.24, 2.45) is 0 Å². The zero-order chi connectivity index (χ0) is 9.78. The van der Waals surface area contributed by atoms with E-state index in [9.17, 15) is 4.79 Å². The lowest BCUT2D eigenvalue weighted by molar-refractivity contribution is -0.122. The number of rotatable bonds is 4. The maximum Gasteiger partial charge on any atom is 0.220 e. The van der Waals surface area contributed by atoms with Crippen LogP contribution in [0.3, 0.4) is 0 Å². The van der Waals surface area contributed by atoms with Crippen molar-refractivity contribution < 1.29 is 4.79 Å². The summed E-state index contributed by atoms with van der Waals surface area (Å²) in [5.74, 6) is 0.0787. The van der Waals surface area contributed by atoms with Crippen molar-refractivity contribution in [1.82, 2.24) is 5.32 Å². The number of halogens is 1. The summed E-state index contributed by atoms with van der Waals surface area (Å²) in [7, 11) is 0. The Morgan fingerprint density at radius 1 is 1.58 bits per heavy atom. The zero-order valence-corrected chi connectivity index (χ0v) is 9.03. The van der Waals surface area contributed by atoms with Gasteiger partial charge in [0.1, 0.15) is 0 Å². The molecule has 0 aromatic rings. The lowest BCUT2D eigenvalue weighted by Crippen LogP contribution is -2.48. The average Bonchev–Trinajstić information content (AvgIpc) is 1.85. The standard InChI is InChI=1S/C9H18ClNO/c1-5-6-8(12)11-9(3,4)7(2)10/h7H,5-6H2,1-4H3,(H,11,12). The molecule has 0 bridgehead atoms. The van der Waals surface area contributed by atoms with Gasteiger partial charge in [-0.05, 0) is 27.2 Å². The summed E-state index contributed by atoms with van der Waals surface area (Å²) in [5, 5.41) is 2.83. The molecule has 0 saturated carbocycles. The maximum atomic E-state index is 11.2. The van der Waals surface area contributed by atoms with E-state index in [0.717, 1.165) is 6.42 Å². The maximum absolute atomic E-state index is 11.2. The van der Waals surface area contributed by atoms with Gasteiger partial charge in [0.15, 0.2) is 0 Å². The lowest BCUT2D eigenvalue weighted by Gasteiger charge is -2.28. The van der Waals surface area contributed by atoms with Gasteiger partial charge in [0.05, 0.1) is 10.9 Å². The predicted molar refractivity (Wildman–Crippen MR) is 52.4 cm³/mol. The molecule has 1 unspecified atom stereocenters. The molecule has 0 heterocycles. The Kier molecular flexibility index (Phi) is 4.61. The van der Waals surface area contributed by atoms with Crippen molar-refractivity contribution in [1.29, 1.82) is 0 Å². The quantitative estimate of drug-likeness (QED) is 0.679. The highest BCUT2D eigenvalue weighted by atomic mass is 35.5. The molecule has 2 nitrogen and oxygen atoms in total. The van der Waals surface area contributed by atoms with E-state index in [1.54, 1.807) is 0 Å². The summed E-state index contributed by atoms with van der Waals surface area (Å²) < 4.78 is 0. The number of carbonyl (C=O) groups excluding carboxylic acids is 1. The van der Waals surface area contributed by atoms with Crippen LogP contribution in [-0.4, -0.2) is 16.8 Å². The van der Waals surface area contributed by atoms with E-state index in [4.69, 9.17) is 11.6 Å². The van der Waals surface area contributed by atoms with Gasteiger partial charge in [0, 0.05) is 6.42 Å². The van der Waals surface area contributed by atoms with Crippen molar-refractivity contribution in [2.75, 3.05) is 0 Å². The third-order valence-corrected chi connectivity index (χ3v) is 2.48. The molecule has 0 aliphatic rings. The van der Waals surface area contributed by atoms with Crippen LogP contribution >= 0.6 is 11.6 Å². The Balaban J connectivity index is 3.97. The number of carbonyl (C=O) groups is 1. The van der Waals surface area contributed by atoms with Gasteiger partial charge in [0.2, 0.25) is 5.91 Å². The van der Waals surface area contributed by atoms with E-state index in [1.807, 2.05) is 27.7 Å². The molecule has 1 atom stereocenters. The Morgan fingerprint density at radius 3 is 2.42 bits per heavy atom. The Labute approximate surface area is 79.7 Å². The van der Waals surface area contributed by atoms with Crippen LogP contribution in [0.1, 0.15) is 40.5 Å². The van der Waals surface area contributed by atoms with Crippen molar-refractivity contribution in [2.45, 2.75) is 51.5 Å². The van der Waals surface area contributed by atoms with Crippen molar-refractivity contribution in [3.8, 4) is 0 Å². The minimum absolute atomic E-state index is 0.0571. The summed E-state index contributed by atoms with van der Waals surface area (Å²) in [6, 6.07) is 0. The number of hydrogen-bond acceptors (Lipinski definition) is 1. The van der Waals surface area contributed by atoms with E-state index in [2.05, 4.69) is 5.32 Å². The van der Waals surface area contributed by atoms with Crippen LogP contribution in [-0.2, 0) is 4.79 Å². The summed E-state index contributed by atoms with van der Waals surface area (Å²) >= 11 is 5.90. The highest BCUT2D eigenvalue weighted by molar-refractivity contribution is 6.21. The topological polar surface area (TPSA) is 29.1 Å². The molecule has 12 heavy (non-hydrogen) atoms. The summed E-state index contributed by atoms with van der Waals surface area (Å²) in [5.41, 5.74) is -0.312. The summed E-state index contributed by atoms with van der Waals surface area (Å²) in [4.78, 5) is 11.2. The van der Waals surface area contributed by atoms with Crippen LogP contribution in [0.4, 0.5) is 0 Å². The molecule has 3 heteroatoms. The van der Waals surface area contributed by atoms with E-state index < -0.39 is 0 Å². The first-order chi connectivity index (χ1) is 5.40. The van der Waals surface area contributed by atoms with Gasteiger partial charge >= 0.3 is 0 Å². The molecule has 0 aliphatic heterocycles. The molecular formula is C9H18ClNO. The summed E-state index contributed by atoms with van der Waals surface area (Å²) in [6.07, 6.45) is 1.45. The third-order valence-electron chi connectivity index (χ3n) is 1.93. The second-order valence-corrected chi connectivity index (χ2v) is 4.29. The second kappa shape index (κ2) is 4.70. The fraction of sp³-hybridized carbons (Fsp3) is 0.889. The lowest BCUT2D eigenvalue weighted by atomic mass is 10.0. The van der Waals surface area contributed by atoms with Crippen LogP contribution < -0.4 is 5.32 Å². The van der Waals surface area contributed by atoms with E-state index >= 15 is 0 Å². The molecule has 0 radical (unpaired) electrons. The minimum atomic E-state index is -0.312. The third kappa shape index (κ3) is 3.96. The van der Waals surface area contributed by atoms with Gasteiger partial charge in [-0.3, -0.25) is 4.79 Å². The van der Waals surface area contributed by atoms with Crippen LogP contribution in [0.25, 0.3) is 0 Å². The molecule has 0 aromatic carbocycles. The molecule has 1 amide bonds. The minimum Gasteiger partial charge on any atom is -0.350 e. The Bertz CT molecular complexity index is 155. The molecule has 0 aliphatic carbocycles. The number of alkyl halides is 1. The Morgan fingerprint density at radius 2 is 2.08 bits per heavy atom. The molecule has 0 spiro atoms. The van der Waals surface area contributed by atoms with Gasteiger partial charge < -0.3 is 5.32 Å². The first-order valence-corrected chi connectivity index (χ1v) is 4.79. The van der Waals surface area contributed by atoms with Crippen LogP contribution in [0.15, 0.2) is 0 Å². The molecule has 0 saturated heterocycles. The van der Waals surface area contributed by atoms with E-state index in [0.29, 0.717) is 6.42 Å². The van der Waals surface area contributed by atoms with E-state index in [1.165, 1.54) is 0 Å². The number of amides is 1. The monoisotopic (exact) mass is 191 g/mol. The van der Waals surface area contributed by atoms with Crippen LogP contribution in [0.2, 0.25) is 0 Å². The van der Waals surface area contributed by atoms with Crippen LogP contribution in [0.5, 0.6) is 0 Å². The second-order valence-electron chi connectivity index (χ2n) is 3.64. The molecule has 0 rings (SSSR count). The largest absolute Gasteiger partial charge is 0.350 e. The number of nitrogens with one attached hydrogen (secondary N) is 1. The number of hydrogen-bond donors (Lipinski definition) is 1. The van der Waals surface area contributed by atoms with Gasteiger partial charge in [-0.15, -0.1) is 11.6 Å². The predicted octanol–water partition coefficient (Wildman–Crippen LogP) is 2.31. The highest BCUT2D eigenvalue weighted by Gasteiger charge is 2.25. The van der Waals surface area contributed by atoms with Gasteiger partial charge in [-0.25, -0.2) is 0 Å². The molecule has 0 fully saturated rings. The van der Waals surface area contributed by atoms with Crippen molar-refractivity contribution in [3.63, 3.8) is 0 Å². The first kappa shape index (κ1) is 11.8. The van der Waals surface area contributed by atoms with Crippen molar-refractivity contribution in [3.05, 3.63) is 0 Å². The first-order valence-electron chi connectivity index (χ1n) is 4.35. The smallest absolute Gasteiger partial charge is 0.220 e. The Hall–Kier alpha value is -0.240. The molecule has 1 N–H and O–H groups in total. The molecular weight excluding hydrogens is 174 g/mol. The fourth-order valence-corrected chi connectivity index (χ4v) is 0.803. The van der Waals surface area contributed by atoms with Gasteiger partial charge in [-0.1, -0.05) is 6.92 Å². The molecule has 72 valence electrons. The normalized spacial score (nSPS) is 14.1. The van der Waals surface area contributed by atoms with Gasteiger partial charge in [-0.2, -0.15) is 0 Å². The average molecular weight is 192 g/mol. The highest BCUT2D eigenvalue weighted by Crippen LogP contribution is 2.14.